The zero-order valence-electron chi connectivity index (χ0n) is 11.6. The van der Waals surface area contributed by atoms with Gasteiger partial charge in [0.15, 0.2) is 5.58 Å². The second-order valence-corrected chi connectivity index (χ2v) is 5.46. The van der Waals surface area contributed by atoms with E-state index in [4.69, 9.17) is 10.2 Å². The first kappa shape index (κ1) is 13.4. The maximum Gasteiger partial charge on any atom is 0.209 e. The number of aliphatic hydroxyl groups is 1. The minimum atomic E-state index is 0.197. The highest BCUT2D eigenvalue weighted by Crippen LogP contribution is 2.24. The molecule has 20 heavy (non-hydrogen) atoms. The van der Waals surface area contributed by atoms with Crippen LogP contribution >= 0.6 is 0 Å². The van der Waals surface area contributed by atoms with Crippen LogP contribution in [-0.2, 0) is 6.54 Å². The van der Waals surface area contributed by atoms with E-state index in [1.165, 1.54) is 19.3 Å². The van der Waals surface area contributed by atoms with Gasteiger partial charge in [-0.25, -0.2) is 4.98 Å². The van der Waals surface area contributed by atoms with Crippen LogP contribution in [0.3, 0.4) is 0 Å². The minimum Gasteiger partial charge on any atom is -0.439 e. The van der Waals surface area contributed by atoms with Crippen LogP contribution in [-0.4, -0.2) is 34.2 Å². The highest BCUT2D eigenvalue weighted by atomic mass is 16.3. The van der Waals surface area contributed by atoms with Crippen molar-refractivity contribution in [1.29, 1.82) is 0 Å². The standard InChI is InChI=1S/C15H21N3O2/c16-12-6-4-7-13-15(12)17-14(20-13)9-18-8-3-1-2-5-11(18)10-19/h4,6-7,11,19H,1-3,5,8-10,16H2. The number of hydrogen-bond acceptors (Lipinski definition) is 5. The van der Waals surface area contributed by atoms with Crippen LogP contribution in [0.1, 0.15) is 31.6 Å². The minimum absolute atomic E-state index is 0.197. The Hall–Kier alpha value is -1.59. The van der Waals surface area contributed by atoms with E-state index in [-0.39, 0.29) is 12.6 Å². The van der Waals surface area contributed by atoms with E-state index in [9.17, 15) is 5.11 Å². The average Bonchev–Trinajstić information content (AvgIpc) is 2.73. The maximum absolute atomic E-state index is 9.54. The number of rotatable bonds is 3. The van der Waals surface area contributed by atoms with Gasteiger partial charge in [-0.05, 0) is 31.5 Å². The molecule has 1 aromatic heterocycles. The van der Waals surface area contributed by atoms with E-state index < -0.39 is 0 Å². The topological polar surface area (TPSA) is 75.5 Å². The first-order chi connectivity index (χ1) is 9.78. The molecule has 5 nitrogen and oxygen atoms in total. The lowest BCUT2D eigenvalue weighted by Crippen LogP contribution is -2.37. The lowest BCUT2D eigenvalue weighted by Gasteiger charge is -2.26. The molecule has 1 unspecified atom stereocenters. The molecule has 1 fully saturated rings. The zero-order chi connectivity index (χ0) is 13.9. The van der Waals surface area contributed by atoms with E-state index >= 15 is 0 Å². The van der Waals surface area contributed by atoms with Gasteiger partial charge in [-0.3, -0.25) is 4.90 Å². The average molecular weight is 275 g/mol. The molecule has 0 spiro atoms. The number of fused-ring (bicyclic) bond motifs is 1. The molecule has 2 heterocycles. The third-order valence-electron chi connectivity index (χ3n) is 4.04. The quantitative estimate of drug-likeness (QED) is 0.839. The number of aromatic nitrogens is 1. The number of nitrogens with zero attached hydrogens (tertiary/aromatic N) is 2. The Morgan fingerprint density at radius 1 is 1.35 bits per heavy atom. The first-order valence-electron chi connectivity index (χ1n) is 7.27. The summed E-state index contributed by atoms with van der Waals surface area (Å²) in [5.74, 6) is 0.679. The molecule has 0 saturated carbocycles. The number of anilines is 1. The Labute approximate surface area is 118 Å². The summed E-state index contributed by atoms with van der Waals surface area (Å²) in [4.78, 5) is 6.76. The first-order valence-corrected chi connectivity index (χ1v) is 7.27. The SMILES string of the molecule is Nc1cccc2oc(CN3CCCCCC3CO)nc12. The predicted octanol–water partition coefficient (Wildman–Crippen LogP) is 2.15. The molecule has 108 valence electrons. The van der Waals surface area contributed by atoms with Gasteiger partial charge in [0.1, 0.15) is 5.52 Å². The third kappa shape index (κ3) is 2.64. The van der Waals surface area contributed by atoms with Crippen LogP contribution in [0.4, 0.5) is 5.69 Å². The van der Waals surface area contributed by atoms with Crippen LogP contribution in [0.2, 0.25) is 0 Å². The van der Waals surface area contributed by atoms with Crippen LogP contribution in [0.15, 0.2) is 22.6 Å². The molecular formula is C15H21N3O2. The fourth-order valence-electron chi connectivity index (χ4n) is 2.91. The van der Waals surface area contributed by atoms with Crippen molar-refractivity contribution in [1.82, 2.24) is 9.88 Å². The Balaban J connectivity index is 1.82. The highest BCUT2D eigenvalue weighted by Gasteiger charge is 2.22. The molecule has 0 aliphatic carbocycles. The van der Waals surface area contributed by atoms with E-state index in [0.717, 1.165) is 24.1 Å². The summed E-state index contributed by atoms with van der Waals surface area (Å²) in [5.41, 5.74) is 8.02. The van der Waals surface area contributed by atoms with Crippen LogP contribution in [0.5, 0.6) is 0 Å². The second kappa shape index (κ2) is 5.81. The number of aliphatic hydroxyl groups excluding tert-OH is 1. The molecule has 0 bridgehead atoms. The number of oxazole rings is 1. The monoisotopic (exact) mass is 275 g/mol. The fraction of sp³-hybridized carbons (Fsp3) is 0.533. The Bertz CT molecular complexity index is 582. The Morgan fingerprint density at radius 2 is 2.25 bits per heavy atom. The Kier molecular flexibility index (Phi) is 3.89. The van der Waals surface area contributed by atoms with Crippen LogP contribution < -0.4 is 5.73 Å². The van der Waals surface area contributed by atoms with Crippen molar-refractivity contribution in [2.24, 2.45) is 0 Å². The molecule has 0 amide bonds. The second-order valence-electron chi connectivity index (χ2n) is 5.46. The van der Waals surface area contributed by atoms with Gasteiger partial charge in [-0.2, -0.15) is 0 Å². The van der Waals surface area contributed by atoms with Crippen LogP contribution in [0, 0.1) is 0 Å². The van der Waals surface area contributed by atoms with E-state index in [1.54, 1.807) is 0 Å². The number of hydrogen-bond donors (Lipinski definition) is 2. The van der Waals surface area contributed by atoms with Crippen molar-refractivity contribution >= 4 is 16.8 Å². The van der Waals surface area contributed by atoms with Gasteiger partial charge < -0.3 is 15.3 Å². The van der Waals surface area contributed by atoms with Crippen molar-refractivity contribution in [3.8, 4) is 0 Å². The van der Waals surface area contributed by atoms with Crippen molar-refractivity contribution < 1.29 is 9.52 Å². The summed E-state index contributed by atoms with van der Waals surface area (Å²) in [6, 6.07) is 5.80. The fourth-order valence-corrected chi connectivity index (χ4v) is 2.91. The van der Waals surface area contributed by atoms with Gasteiger partial charge >= 0.3 is 0 Å². The van der Waals surface area contributed by atoms with E-state index in [2.05, 4.69) is 9.88 Å². The third-order valence-corrected chi connectivity index (χ3v) is 4.04. The lowest BCUT2D eigenvalue weighted by atomic mass is 10.1. The van der Waals surface area contributed by atoms with Crippen molar-refractivity contribution in [3.63, 3.8) is 0 Å². The molecule has 1 aliphatic heterocycles. The zero-order valence-corrected chi connectivity index (χ0v) is 11.6. The molecule has 1 saturated heterocycles. The summed E-state index contributed by atoms with van der Waals surface area (Å²) in [6.45, 7) is 1.82. The molecule has 5 heteroatoms. The smallest absolute Gasteiger partial charge is 0.209 e. The lowest BCUT2D eigenvalue weighted by molar-refractivity contribution is 0.110. The van der Waals surface area contributed by atoms with E-state index in [1.807, 2.05) is 18.2 Å². The number of para-hydroxylation sites is 1. The van der Waals surface area contributed by atoms with Gasteiger partial charge in [0.05, 0.1) is 18.8 Å². The number of likely N-dealkylation sites (tertiary alicyclic amines) is 1. The summed E-state index contributed by atoms with van der Waals surface area (Å²) in [5, 5.41) is 9.54. The largest absolute Gasteiger partial charge is 0.439 e. The predicted molar refractivity (Wildman–Crippen MR) is 78.2 cm³/mol. The van der Waals surface area contributed by atoms with Gasteiger partial charge in [0.2, 0.25) is 5.89 Å². The molecule has 1 atom stereocenters. The number of benzene rings is 1. The molecule has 3 N–H and O–H groups in total. The number of nitrogens with two attached hydrogens (primary N) is 1. The summed E-state index contributed by atoms with van der Waals surface area (Å²) in [7, 11) is 0. The highest BCUT2D eigenvalue weighted by molar-refractivity contribution is 5.85. The van der Waals surface area contributed by atoms with Crippen molar-refractivity contribution in [3.05, 3.63) is 24.1 Å². The van der Waals surface area contributed by atoms with Gasteiger partial charge in [-0.1, -0.05) is 18.9 Å². The van der Waals surface area contributed by atoms with Crippen molar-refractivity contribution in [2.45, 2.75) is 38.3 Å². The molecule has 3 rings (SSSR count). The molecular weight excluding hydrogens is 254 g/mol. The van der Waals surface area contributed by atoms with E-state index in [0.29, 0.717) is 18.1 Å². The molecule has 1 aromatic carbocycles. The number of nitrogen functional groups attached to an aromatic ring is 1. The normalized spacial score (nSPS) is 21.1. The Morgan fingerprint density at radius 3 is 3.05 bits per heavy atom. The van der Waals surface area contributed by atoms with Crippen LogP contribution in [0.25, 0.3) is 11.1 Å². The molecule has 0 radical (unpaired) electrons. The summed E-state index contributed by atoms with van der Waals surface area (Å²) < 4.78 is 5.77. The van der Waals surface area contributed by atoms with Gasteiger partial charge in [0, 0.05) is 6.04 Å². The molecule has 2 aromatic rings. The van der Waals surface area contributed by atoms with Gasteiger partial charge in [0.25, 0.3) is 0 Å². The molecule has 1 aliphatic rings. The maximum atomic E-state index is 9.54. The summed E-state index contributed by atoms with van der Waals surface area (Å²) >= 11 is 0. The summed E-state index contributed by atoms with van der Waals surface area (Å²) in [6.07, 6.45) is 4.62. The van der Waals surface area contributed by atoms with Crippen molar-refractivity contribution in [2.75, 3.05) is 18.9 Å². The van der Waals surface area contributed by atoms with Gasteiger partial charge in [-0.15, -0.1) is 0 Å².